The minimum Gasteiger partial charge on any atom is -0.456 e. The van der Waals surface area contributed by atoms with Crippen LogP contribution >= 0.6 is 0 Å². The molecular formula is C23H21NO. The van der Waals surface area contributed by atoms with Crippen molar-refractivity contribution in [3.8, 4) is 0 Å². The standard InChI is InChI=1S/C23H21NO/c1-4-15(3)24-20(5-2)17-10-12-19-22(14-17)25-21-13-11-16-8-6-7-9-18(16)23(19)21/h4,6-14H,5H2,1-3H3/b15-4-,24-20?. The molecule has 3 aromatic carbocycles. The highest BCUT2D eigenvalue weighted by atomic mass is 16.3. The second-order valence-corrected chi connectivity index (χ2v) is 6.31. The van der Waals surface area contributed by atoms with E-state index in [2.05, 4.69) is 61.5 Å². The van der Waals surface area contributed by atoms with Gasteiger partial charge >= 0.3 is 0 Å². The first-order chi connectivity index (χ1) is 12.2. The molecule has 0 amide bonds. The maximum atomic E-state index is 6.16. The number of benzene rings is 3. The van der Waals surface area contributed by atoms with E-state index >= 15 is 0 Å². The summed E-state index contributed by atoms with van der Waals surface area (Å²) >= 11 is 0. The second-order valence-electron chi connectivity index (χ2n) is 6.31. The summed E-state index contributed by atoms with van der Waals surface area (Å²) in [5, 5.41) is 4.83. The van der Waals surface area contributed by atoms with Crippen molar-refractivity contribution in [3.05, 3.63) is 71.9 Å². The van der Waals surface area contributed by atoms with Crippen molar-refractivity contribution in [2.45, 2.75) is 27.2 Å². The lowest BCUT2D eigenvalue weighted by atomic mass is 10.0. The van der Waals surface area contributed by atoms with Crippen LogP contribution in [0.25, 0.3) is 32.7 Å². The summed E-state index contributed by atoms with van der Waals surface area (Å²) < 4.78 is 6.16. The van der Waals surface area contributed by atoms with Crippen LogP contribution in [-0.4, -0.2) is 5.71 Å². The van der Waals surface area contributed by atoms with E-state index < -0.39 is 0 Å². The van der Waals surface area contributed by atoms with Crippen LogP contribution in [0, 0.1) is 0 Å². The molecule has 1 heterocycles. The first-order valence-corrected chi connectivity index (χ1v) is 8.76. The number of rotatable bonds is 3. The molecule has 4 aromatic rings. The molecule has 0 spiro atoms. The van der Waals surface area contributed by atoms with Gasteiger partial charge in [-0.1, -0.05) is 49.4 Å². The summed E-state index contributed by atoms with van der Waals surface area (Å²) in [6.45, 7) is 6.18. The van der Waals surface area contributed by atoms with Crippen LogP contribution in [0.1, 0.15) is 32.8 Å². The predicted octanol–water partition coefficient (Wildman–Crippen LogP) is 6.86. The maximum Gasteiger partial charge on any atom is 0.136 e. The van der Waals surface area contributed by atoms with E-state index in [9.17, 15) is 0 Å². The third kappa shape index (κ3) is 2.64. The van der Waals surface area contributed by atoms with Gasteiger partial charge in [-0.25, -0.2) is 0 Å². The van der Waals surface area contributed by atoms with Crippen molar-refractivity contribution in [1.82, 2.24) is 0 Å². The van der Waals surface area contributed by atoms with E-state index in [4.69, 9.17) is 9.41 Å². The van der Waals surface area contributed by atoms with Crippen LogP contribution in [-0.2, 0) is 0 Å². The van der Waals surface area contributed by atoms with Gasteiger partial charge < -0.3 is 4.42 Å². The van der Waals surface area contributed by atoms with Crippen LogP contribution in [0.5, 0.6) is 0 Å². The van der Waals surface area contributed by atoms with Crippen LogP contribution in [0.2, 0.25) is 0 Å². The molecular weight excluding hydrogens is 306 g/mol. The van der Waals surface area contributed by atoms with Crippen LogP contribution in [0.15, 0.2) is 75.8 Å². The number of furan rings is 1. The van der Waals surface area contributed by atoms with E-state index in [0.29, 0.717) is 0 Å². The van der Waals surface area contributed by atoms with Gasteiger partial charge in [0.25, 0.3) is 0 Å². The fraction of sp³-hybridized carbons (Fsp3) is 0.174. The van der Waals surface area contributed by atoms with Gasteiger partial charge in [0.15, 0.2) is 0 Å². The lowest BCUT2D eigenvalue weighted by Crippen LogP contribution is -1.99. The highest BCUT2D eigenvalue weighted by molar-refractivity contribution is 6.19. The minimum absolute atomic E-state index is 0.889. The van der Waals surface area contributed by atoms with Crippen molar-refractivity contribution in [2.24, 2.45) is 4.99 Å². The Hall–Kier alpha value is -2.87. The summed E-state index contributed by atoms with van der Waals surface area (Å²) in [7, 11) is 0. The summed E-state index contributed by atoms with van der Waals surface area (Å²) in [4.78, 5) is 4.73. The summed E-state index contributed by atoms with van der Waals surface area (Å²) in [5.41, 5.74) is 5.10. The average Bonchev–Trinajstić information content (AvgIpc) is 3.03. The molecule has 0 fully saturated rings. The summed E-state index contributed by atoms with van der Waals surface area (Å²) in [6, 6.07) is 19.1. The number of fused-ring (bicyclic) bond motifs is 5. The molecule has 0 atom stereocenters. The largest absolute Gasteiger partial charge is 0.456 e. The van der Waals surface area contributed by atoms with E-state index in [-0.39, 0.29) is 0 Å². The number of aliphatic imine (C=N–C) groups is 1. The van der Waals surface area contributed by atoms with Crippen molar-refractivity contribution < 1.29 is 4.42 Å². The molecule has 0 bridgehead atoms. The molecule has 0 aliphatic rings. The Labute approximate surface area is 147 Å². The molecule has 1 aromatic heterocycles. The average molecular weight is 327 g/mol. The van der Waals surface area contributed by atoms with Crippen molar-refractivity contribution >= 4 is 38.4 Å². The van der Waals surface area contributed by atoms with E-state index in [1.54, 1.807) is 0 Å². The third-order valence-electron chi connectivity index (χ3n) is 4.76. The lowest BCUT2D eigenvalue weighted by Gasteiger charge is -2.04. The van der Waals surface area contributed by atoms with Gasteiger partial charge in [0.1, 0.15) is 11.2 Å². The molecule has 0 saturated carbocycles. The molecule has 4 rings (SSSR count). The second kappa shape index (κ2) is 6.21. The van der Waals surface area contributed by atoms with Gasteiger partial charge in [-0.3, -0.25) is 4.99 Å². The van der Waals surface area contributed by atoms with Gasteiger partial charge in [0, 0.05) is 22.2 Å². The Morgan fingerprint density at radius 2 is 1.84 bits per heavy atom. The maximum absolute atomic E-state index is 6.16. The lowest BCUT2D eigenvalue weighted by molar-refractivity contribution is 0.669. The number of nitrogens with zero attached hydrogens (tertiary/aromatic N) is 1. The van der Waals surface area contributed by atoms with Gasteiger partial charge in [-0.05, 0) is 54.8 Å². The molecule has 0 aliphatic carbocycles. The first kappa shape index (κ1) is 15.6. The van der Waals surface area contributed by atoms with Gasteiger partial charge in [0.05, 0.1) is 0 Å². The molecule has 0 unspecified atom stereocenters. The van der Waals surface area contributed by atoms with Gasteiger partial charge in [-0.2, -0.15) is 0 Å². The van der Waals surface area contributed by atoms with E-state index in [1.165, 1.54) is 16.2 Å². The van der Waals surface area contributed by atoms with Crippen molar-refractivity contribution in [3.63, 3.8) is 0 Å². The predicted molar refractivity (Wildman–Crippen MR) is 107 cm³/mol. The highest BCUT2D eigenvalue weighted by Crippen LogP contribution is 2.35. The first-order valence-electron chi connectivity index (χ1n) is 8.76. The Balaban J connectivity index is 1.97. The third-order valence-corrected chi connectivity index (χ3v) is 4.76. The van der Waals surface area contributed by atoms with Crippen LogP contribution in [0.3, 0.4) is 0 Å². The monoisotopic (exact) mass is 327 g/mol. The van der Waals surface area contributed by atoms with Gasteiger partial charge in [-0.15, -0.1) is 0 Å². The molecule has 0 aliphatic heterocycles. The summed E-state index contributed by atoms with van der Waals surface area (Å²) in [6.07, 6.45) is 2.92. The molecule has 25 heavy (non-hydrogen) atoms. The van der Waals surface area contributed by atoms with Crippen molar-refractivity contribution in [1.29, 1.82) is 0 Å². The molecule has 2 nitrogen and oxygen atoms in total. The van der Waals surface area contributed by atoms with Crippen LogP contribution in [0.4, 0.5) is 0 Å². The molecule has 2 heteroatoms. The number of hydrogen-bond acceptors (Lipinski definition) is 2. The molecule has 0 radical (unpaired) electrons. The van der Waals surface area contributed by atoms with Crippen LogP contribution < -0.4 is 0 Å². The SMILES string of the molecule is C/C=C(/C)N=C(CC)c1ccc2c(c1)oc1ccc3ccccc3c12. The molecule has 124 valence electrons. The quantitative estimate of drug-likeness (QED) is 0.377. The van der Waals surface area contributed by atoms with E-state index in [1.807, 2.05) is 19.9 Å². The molecule has 0 N–H and O–H groups in total. The Morgan fingerprint density at radius 1 is 1.00 bits per heavy atom. The summed E-state index contributed by atoms with van der Waals surface area (Å²) in [5.74, 6) is 0. The Morgan fingerprint density at radius 3 is 2.64 bits per heavy atom. The van der Waals surface area contributed by atoms with Crippen molar-refractivity contribution in [2.75, 3.05) is 0 Å². The zero-order chi connectivity index (χ0) is 17.4. The zero-order valence-corrected chi connectivity index (χ0v) is 14.8. The zero-order valence-electron chi connectivity index (χ0n) is 14.8. The topological polar surface area (TPSA) is 25.5 Å². The van der Waals surface area contributed by atoms with E-state index in [0.717, 1.165) is 39.9 Å². The fourth-order valence-corrected chi connectivity index (χ4v) is 3.35. The number of hydrogen-bond donors (Lipinski definition) is 0. The molecule has 0 saturated heterocycles. The van der Waals surface area contributed by atoms with Gasteiger partial charge in [0.2, 0.25) is 0 Å². The highest BCUT2D eigenvalue weighted by Gasteiger charge is 2.12. The Kier molecular flexibility index (Phi) is 3.89. The Bertz CT molecular complexity index is 1140. The number of allylic oxidation sites excluding steroid dienone is 2. The fourth-order valence-electron chi connectivity index (χ4n) is 3.35. The smallest absolute Gasteiger partial charge is 0.136 e. The normalized spacial score (nSPS) is 13.2. The minimum atomic E-state index is 0.889.